The lowest BCUT2D eigenvalue weighted by atomic mass is 9.99. The summed E-state index contributed by atoms with van der Waals surface area (Å²) >= 11 is 0. The minimum Gasteiger partial charge on any atom is -0.394 e. The lowest BCUT2D eigenvalue weighted by Crippen LogP contribution is -2.59. The van der Waals surface area contributed by atoms with Gasteiger partial charge in [-0.2, -0.15) is 0 Å². The van der Waals surface area contributed by atoms with Crippen LogP contribution in [0.1, 0.15) is 0 Å². The smallest absolute Gasteiger partial charge is 0.186 e. The fraction of sp³-hybridized carbons (Fsp3) is 0.846. The third-order valence-corrected chi connectivity index (χ3v) is 3.35. The maximum atomic E-state index is 9.77. The molecule has 1 unspecified atom stereocenters. The van der Waals surface area contributed by atoms with E-state index in [2.05, 4.69) is 5.92 Å². The highest BCUT2D eigenvalue weighted by Crippen LogP contribution is 2.21. The average molecular weight is 290 g/mol. The minimum atomic E-state index is -1.42. The number of aliphatic hydroxyl groups excluding tert-OH is 4. The zero-order chi connectivity index (χ0) is 15.3. The fourth-order valence-corrected chi connectivity index (χ4v) is 1.95. The first-order valence-corrected chi connectivity index (χ1v) is 6.50. The lowest BCUT2D eigenvalue weighted by molar-refractivity contribution is -0.883. The molecule has 1 aliphatic rings. The van der Waals surface area contributed by atoms with E-state index in [0.717, 1.165) is 0 Å². The molecule has 0 aromatic heterocycles. The summed E-state index contributed by atoms with van der Waals surface area (Å²) in [4.78, 5) is 0. The molecule has 7 nitrogen and oxygen atoms in total. The Hall–Kier alpha value is -0.720. The molecule has 0 aromatic rings. The average Bonchev–Trinajstić information content (AvgIpc) is 2.38. The van der Waals surface area contributed by atoms with E-state index in [0.29, 0.717) is 17.6 Å². The summed E-state index contributed by atoms with van der Waals surface area (Å²) in [5, 5.41) is 38.1. The van der Waals surface area contributed by atoms with Crippen molar-refractivity contribution in [1.82, 2.24) is 0 Å². The van der Waals surface area contributed by atoms with Gasteiger partial charge in [0.2, 0.25) is 0 Å². The van der Waals surface area contributed by atoms with Crippen LogP contribution in [0.15, 0.2) is 0 Å². The summed E-state index contributed by atoms with van der Waals surface area (Å²) < 4.78 is 11.2. The van der Waals surface area contributed by atoms with Crippen molar-refractivity contribution in [2.24, 2.45) is 0 Å². The second-order valence-corrected chi connectivity index (χ2v) is 5.59. The molecule has 0 bridgehead atoms. The molecule has 1 heterocycles. The van der Waals surface area contributed by atoms with Gasteiger partial charge in [0, 0.05) is 0 Å². The van der Waals surface area contributed by atoms with Crippen molar-refractivity contribution in [2.45, 2.75) is 30.7 Å². The van der Waals surface area contributed by atoms with Crippen LogP contribution in [0.3, 0.4) is 0 Å². The molecule has 1 rings (SSSR count). The molecule has 0 amide bonds. The number of terminal acetylenes is 1. The van der Waals surface area contributed by atoms with Crippen molar-refractivity contribution >= 4 is 0 Å². The van der Waals surface area contributed by atoms with E-state index in [9.17, 15) is 15.3 Å². The molecule has 116 valence electrons. The molecule has 4 N–H and O–H groups in total. The van der Waals surface area contributed by atoms with E-state index < -0.39 is 37.3 Å². The van der Waals surface area contributed by atoms with Gasteiger partial charge in [-0.3, -0.25) is 0 Å². The van der Waals surface area contributed by atoms with Crippen molar-refractivity contribution in [2.75, 3.05) is 40.4 Å². The predicted molar refractivity (Wildman–Crippen MR) is 70.4 cm³/mol. The van der Waals surface area contributed by atoms with Crippen molar-refractivity contribution in [1.29, 1.82) is 0 Å². The monoisotopic (exact) mass is 290 g/mol. The first kappa shape index (κ1) is 17.3. The highest BCUT2D eigenvalue weighted by Gasteiger charge is 2.44. The molecule has 0 spiro atoms. The van der Waals surface area contributed by atoms with E-state index in [4.69, 9.17) is 21.0 Å². The number of hydrogen-bond acceptors (Lipinski definition) is 6. The quantitative estimate of drug-likeness (QED) is 0.319. The summed E-state index contributed by atoms with van der Waals surface area (Å²) in [6, 6.07) is 0. The summed E-state index contributed by atoms with van der Waals surface area (Å²) in [6.07, 6.45) is -0.932. The lowest BCUT2D eigenvalue weighted by Gasteiger charge is -2.39. The number of quaternary nitrogens is 1. The normalized spacial score (nSPS) is 34.8. The van der Waals surface area contributed by atoms with E-state index >= 15 is 0 Å². The van der Waals surface area contributed by atoms with E-state index in [-0.39, 0.29) is 6.61 Å². The number of aliphatic hydroxyl groups is 4. The molecule has 1 saturated heterocycles. The fourth-order valence-electron chi connectivity index (χ4n) is 1.95. The van der Waals surface area contributed by atoms with Gasteiger partial charge < -0.3 is 34.4 Å². The van der Waals surface area contributed by atoms with Gasteiger partial charge >= 0.3 is 0 Å². The Morgan fingerprint density at radius 2 is 1.85 bits per heavy atom. The highest BCUT2D eigenvalue weighted by atomic mass is 16.7. The largest absolute Gasteiger partial charge is 0.394 e. The molecule has 1 fully saturated rings. The summed E-state index contributed by atoms with van der Waals surface area (Å²) in [7, 11) is 3.88. The molecule has 20 heavy (non-hydrogen) atoms. The van der Waals surface area contributed by atoms with Crippen molar-refractivity contribution in [3.05, 3.63) is 0 Å². The third kappa shape index (κ3) is 4.40. The van der Waals surface area contributed by atoms with Crippen LogP contribution in [0, 0.1) is 12.3 Å². The van der Waals surface area contributed by atoms with Crippen LogP contribution in [-0.4, -0.2) is 96.0 Å². The molecule has 7 heteroatoms. The van der Waals surface area contributed by atoms with Crippen molar-refractivity contribution in [3.8, 4) is 12.3 Å². The summed E-state index contributed by atoms with van der Waals surface area (Å²) in [6.45, 7) is 0.929. The van der Waals surface area contributed by atoms with Crippen LogP contribution >= 0.6 is 0 Å². The van der Waals surface area contributed by atoms with Crippen molar-refractivity contribution in [3.63, 3.8) is 0 Å². The molecule has 0 aromatic carbocycles. The van der Waals surface area contributed by atoms with Gasteiger partial charge in [-0.05, 0) is 5.92 Å². The second-order valence-electron chi connectivity index (χ2n) is 5.59. The standard InChI is InChI=1S/C13H24NO6/c1-4-5-14(2,3)6-7-19-13-12(18)11(17)10(16)9(8-15)20-13/h1,9-13,15-18H,5-8H2,2-3H3/q+1/t9-,10-,11+,12-,13?/m1/s1. The van der Waals surface area contributed by atoms with Crippen LogP contribution in [0.4, 0.5) is 0 Å². The van der Waals surface area contributed by atoms with Crippen LogP contribution in [0.5, 0.6) is 0 Å². The van der Waals surface area contributed by atoms with Gasteiger partial charge in [0.05, 0.1) is 27.3 Å². The van der Waals surface area contributed by atoms with Gasteiger partial charge in [0.1, 0.15) is 37.5 Å². The Kier molecular flexibility index (Phi) is 6.36. The zero-order valence-corrected chi connectivity index (χ0v) is 11.8. The second kappa shape index (κ2) is 7.33. The number of nitrogens with zero attached hydrogens (tertiary/aromatic N) is 1. The predicted octanol–water partition coefficient (Wildman–Crippen LogP) is -2.49. The number of hydrogen-bond donors (Lipinski definition) is 4. The topological polar surface area (TPSA) is 99.4 Å². The maximum Gasteiger partial charge on any atom is 0.186 e. The molecule has 0 aliphatic carbocycles. The molecule has 1 aliphatic heterocycles. The minimum absolute atomic E-state index is 0.261. The Morgan fingerprint density at radius 3 is 2.40 bits per heavy atom. The van der Waals surface area contributed by atoms with Gasteiger partial charge in [-0.1, -0.05) is 0 Å². The molecule has 5 atom stereocenters. The van der Waals surface area contributed by atoms with E-state index in [1.807, 2.05) is 14.1 Å². The molecule has 0 radical (unpaired) electrons. The highest BCUT2D eigenvalue weighted by molar-refractivity contribution is 4.88. The Morgan fingerprint density at radius 1 is 1.20 bits per heavy atom. The Labute approximate surface area is 118 Å². The molecular weight excluding hydrogens is 266 g/mol. The van der Waals surface area contributed by atoms with Gasteiger partial charge in [0.15, 0.2) is 6.29 Å². The van der Waals surface area contributed by atoms with Crippen LogP contribution in [0.25, 0.3) is 0 Å². The third-order valence-electron chi connectivity index (χ3n) is 3.35. The van der Waals surface area contributed by atoms with Gasteiger partial charge in [-0.15, -0.1) is 6.42 Å². The van der Waals surface area contributed by atoms with E-state index in [1.165, 1.54) is 0 Å². The van der Waals surface area contributed by atoms with Crippen LogP contribution in [0.2, 0.25) is 0 Å². The summed E-state index contributed by atoms with van der Waals surface area (Å²) in [5.74, 6) is 2.56. The SMILES string of the molecule is C#CC[N+](C)(C)CCOC1O[C@H](CO)[C@@H](O)[C@H](O)[C@H]1O. The number of ether oxygens (including phenoxy) is 2. The Bertz CT molecular complexity index is 340. The zero-order valence-electron chi connectivity index (χ0n) is 11.8. The molecule has 0 saturated carbocycles. The van der Waals surface area contributed by atoms with Gasteiger partial charge in [0.25, 0.3) is 0 Å². The number of rotatable bonds is 6. The van der Waals surface area contributed by atoms with Crippen molar-refractivity contribution < 1.29 is 34.4 Å². The molecular formula is C13H24NO6+. The number of likely N-dealkylation sites (N-methyl/N-ethyl adjacent to an activating group) is 1. The van der Waals surface area contributed by atoms with Crippen LogP contribution < -0.4 is 0 Å². The van der Waals surface area contributed by atoms with Crippen LogP contribution in [-0.2, 0) is 9.47 Å². The van der Waals surface area contributed by atoms with Gasteiger partial charge in [-0.25, -0.2) is 0 Å². The van der Waals surface area contributed by atoms with E-state index in [1.54, 1.807) is 0 Å². The summed E-state index contributed by atoms with van der Waals surface area (Å²) in [5.41, 5.74) is 0. The Balaban J connectivity index is 2.49. The first-order valence-electron chi connectivity index (χ1n) is 6.50. The maximum absolute atomic E-state index is 9.77. The first-order chi connectivity index (χ1) is 9.32.